The van der Waals surface area contributed by atoms with Crippen LogP contribution >= 0.6 is 0 Å². The molecule has 0 aliphatic rings. The third-order valence-electron chi connectivity index (χ3n) is 1.07. The predicted octanol–water partition coefficient (Wildman–Crippen LogP) is 1.17. The molecule has 0 aromatic heterocycles. The van der Waals surface area contributed by atoms with Crippen molar-refractivity contribution in [3.63, 3.8) is 0 Å². The molecule has 0 unspecified atom stereocenters. The molecule has 44 valence electrons. The maximum absolute atomic E-state index is 10.4. The molecule has 0 saturated carbocycles. The molecule has 0 heterocycles. The summed E-state index contributed by atoms with van der Waals surface area (Å²) in [4.78, 5) is 13.8. The van der Waals surface area contributed by atoms with E-state index in [4.69, 9.17) is 6.57 Å². The minimum absolute atomic E-state index is 0.0139. The van der Waals surface area contributed by atoms with Gasteiger partial charge in [0.05, 0.1) is 5.92 Å². The lowest BCUT2D eigenvalue weighted by atomic mass is 10.1. The van der Waals surface area contributed by atoms with Crippen LogP contribution < -0.4 is 0 Å². The summed E-state index contributed by atoms with van der Waals surface area (Å²) in [6, 6.07) is 0. The highest BCUT2D eigenvalue weighted by Gasteiger charge is 2.10. The van der Waals surface area contributed by atoms with Crippen LogP contribution in [0, 0.1) is 12.5 Å². The van der Waals surface area contributed by atoms with Gasteiger partial charge in [-0.1, -0.05) is 4.85 Å². The molecule has 0 amide bonds. The zero-order chi connectivity index (χ0) is 6.57. The van der Waals surface area contributed by atoms with E-state index in [9.17, 15) is 4.79 Å². The van der Waals surface area contributed by atoms with Gasteiger partial charge in [-0.25, -0.2) is 0 Å². The van der Waals surface area contributed by atoms with Crippen molar-refractivity contribution in [1.29, 1.82) is 0 Å². The highest BCUT2D eigenvalue weighted by Crippen LogP contribution is 1.94. The maximum Gasteiger partial charge on any atom is 0.272 e. The molecule has 0 fully saturated rings. The third-order valence-corrected chi connectivity index (χ3v) is 1.07. The second kappa shape index (κ2) is 3.20. The largest absolute Gasteiger partial charge is 0.299 e. The molecule has 0 aliphatic carbocycles. The lowest BCUT2D eigenvalue weighted by Gasteiger charge is -1.91. The van der Waals surface area contributed by atoms with Gasteiger partial charge in [-0.2, -0.15) is 0 Å². The Morgan fingerprint density at radius 2 is 2.38 bits per heavy atom. The first-order valence-electron chi connectivity index (χ1n) is 2.55. The zero-order valence-electron chi connectivity index (χ0n) is 5.22. The van der Waals surface area contributed by atoms with Gasteiger partial charge in [0, 0.05) is 0 Å². The van der Waals surface area contributed by atoms with Crippen LogP contribution in [0.3, 0.4) is 0 Å². The van der Waals surface area contributed by atoms with Gasteiger partial charge in [0.2, 0.25) is 0 Å². The minimum atomic E-state index is -0.0139. The van der Waals surface area contributed by atoms with Crippen molar-refractivity contribution in [2.75, 3.05) is 6.54 Å². The molecule has 0 aromatic rings. The second-order valence-electron chi connectivity index (χ2n) is 1.88. The Kier molecular flexibility index (Phi) is 2.86. The van der Waals surface area contributed by atoms with E-state index in [1.807, 2.05) is 0 Å². The topological polar surface area (TPSA) is 21.4 Å². The molecule has 0 rings (SSSR count). The molecule has 2 nitrogen and oxygen atoms in total. The lowest BCUT2D eigenvalue weighted by molar-refractivity contribution is -0.119. The van der Waals surface area contributed by atoms with Crippen molar-refractivity contribution in [3.05, 3.63) is 4.85 Å². The Balaban J connectivity index is 3.52. The van der Waals surface area contributed by atoms with Crippen LogP contribution in [0.25, 0.3) is 4.85 Å². The van der Waals surface area contributed by atoms with Crippen LogP contribution in [0.5, 0.6) is 0 Å². The van der Waals surface area contributed by atoms with E-state index in [-0.39, 0.29) is 11.7 Å². The first-order chi connectivity index (χ1) is 3.68. The monoisotopic (exact) mass is 112 g/mol. The maximum atomic E-state index is 10.4. The molecule has 0 aliphatic heterocycles. The van der Waals surface area contributed by atoms with Gasteiger partial charge in [-0.15, -0.1) is 0 Å². The van der Waals surface area contributed by atoms with Gasteiger partial charge >= 0.3 is 0 Å². The summed E-state index contributed by atoms with van der Waals surface area (Å²) in [5.74, 6) is 0.124. The Morgan fingerprint density at radius 3 is 2.50 bits per heavy atom. The number of hydrogen-bond acceptors (Lipinski definition) is 1. The summed E-state index contributed by atoms with van der Waals surface area (Å²) in [5.41, 5.74) is 0. The number of carbonyl (C=O) groups is 1. The molecule has 0 aromatic carbocycles. The Bertz CT molecular complexity index is 123. The highest BCUT2D eigenvalue weighted by molar-refractivity contribution is 5.78. The normalized spacial score (nSPS) is 12.1. The molecule has 1 atom stereocenters. The lowest BCUT2D eigenvalue weighted by Crippen LogP contribution is -2.07. The predicted molar refractivity (Wildman–Crippen MR) is 33.0 cm³/mol. The number of hydrogen-bond donors (Lipinski definition) is 0. The minimum Gasteiger partial charge on any atom is -0.299 e. The molecule has 0 radical (unpaired) electrons. The van der Waals surface area contributed by atoms with Gasteiger partial charge in [0.1, 0.15) is 5.78 Å². The molecular weight excluding hydrogens is 102 g/mol. The van der Waals surface area contributed by atoms with Crippen molar-refractivity contribution in [3.8, 4) is 6.57 Å². The Morgan fingerprint density at radius 1 is 1.88 bits per heavy atom. The quantitative estimate of drug-likeness (QED) is 0.525. The van der Waals surface area contributed by atoms with Crippen LogP contribution in [0.4, 0.5) is 0 Å². The van der Waals surface area contributed by atoms with E-state index in [0.29, 0.717) is 6.54 Å². The van der Waals surface area contributed by atoms with Gasteiger partial charge in [-0.3, -0.25) is 4.79 Å². The SMILES string of the molecule is C#[N+]C[C@H](C)C(C)=O. The summed E-state index contributed by atoms with van der Waals surface area (Å²) in [5, 5.41) is 0. The van der Waals surface area contributed by atoms with E-state index >= 15 is 0 Å². The summed E-state index contributed by atoms with van der Waals surface area (Å²) < 4.78 is 0. The smallest absolute Gasteiger partial charge is 0.272 e. The van der Waals surface area contributed by atoms with E-state index in [1.165, 1.54) is 6.92 Å². The van der Waals surface area contributed by atoms with Crippen molar-refractivity contribution in [2.24, 2.45) is 5.92 Å². The standard InChI is InChI=1S/C6H10NO/c1-5(4-7-3)6(2)8/h3,5H,4H2,1-2H3/q+1/t5-/m0/s1. The van der Waals surface area contributed by atoms with E-state index in [0.717, 1.165) is 0 Å². The number of carbonyl (C=O) groups excluding carboxylic acids is 1. The molecule has 8 heavy (non-hydrogen) atoms. The number of nitrogens with zero attached hydrogens (tertiary/aromatic N) is 1. The van der Waals surface area contributed by atoms with Crippen LogP contribution in [0.1, 0.15) is 13.8 Å². The van der Waals surface area contributed by atoms with E-state index in [2.05, 4.69) is 4.85 Å². The van der Waals surface area contributed by atoms with Crippen LogP contribution in [-0.4, -0.2) is 12.3 Å². The molecule has 0 spiro atoms. The van der Waals surface area contributed by atoms with Crippen molar-refractivity contribution in [2.45, 2.75) is 13.8 Å². The Hall–Kier alpha value is -0.840. The number of Topliss-reactive ketones (excluding diaryl/α,β-unsaturated/α-hetero) is 1. The van der Waals surface area contributed by atoms with Gasteiger partial charge in [-0.05, 0) is 13.8 Å². The van der Waals surface area contributed by atoms with E-state index in [1.54, 1.807) is 6.92 Å². The summed E-state index contributed by atoms with van der Waals surface area (Å²) >= 11 is 0. The van der Waals surface area contributed by atoms with Crippen molar-refractivity contribution < 1.29 is 4.79 Å². The number of rotatable bonds is 2. The fourth-order valence-corrected chi connectivity index (χ4v) is 0.287. The average Bonchev–Trinajstić information content (AvgIpc) is 1.67. The van der Waals surface area contributed by atoms with Crippen LogP contribution in [-0.2, 0) is 4.79 Å². The molecule has 0 bridgehead atoms. The fourth-order valence-electron chi connectivity index (χ4n) is 0.287. The Labute approximate surface area is 49.3 Å². The first-order valence-corrected chi connectivity index (χ1v) is 2.55. The fraction of sp³-hybridized carbons (Fsp3) is 0.667. The average molecular weight is 112 g/mol. The molecule has 0 N–H and O–H groups in total. The van der Waals surface area contributed by atoms with Gasteiger partial charge in [0.25, 0.3) is 13.1 Å². The molecular formula is C6H10NO+. The summed E-state index contributed by atoms with van der Waals surface area (Å²) in [7, 11) is 0. The van der Waals surface area contributed by atoms with Crippen molar-refractivity contribution in [1.82, 2.24) is 0 Å². The molecule has 0 saturated heterocycles. The molecule has 2 heteroatoms. The van der Waals surface area contributed by atoms with Crippen molar-refractivity contribution >= 4 is 5.78 Å². The van der Waals surface area contributed by atoms with Gasteiger partial charge in [0.15, 0.2) is 0 Å². The van der Waals surface area contributed by atoms with Crippen LogP contribution in [0.15, 0.2) is 0 Å². The highest BCUT2D eigenvalue weighted by atomic mass is 16.1. The number of ketones is 1. The van der Waals surface area contributed by atoms with E-state index < -0.39 is 0 Å². The van der Waals surface area contributed by atoms with Gasteiger partial charge < -0.3 is 0 Å². The summed E-state index contributed by atoms with van der Waals surface area (Å²) in [6.45, 7) is 8.62. The summed E-state index contributed by atoms with van der Waals surface area (Å²) in [6.07, 6.45) is 0. The second-order valence-corrected chi connectivity index (χ2v) is 1.88. The zero-order valence-corrected chi connectivity index (χ0v) is 5.22. The third kappa shape index (κ3) is 2.35. The van der Waals surface area contributed by atoms with Crippen LogP contribution in [0.2, 0.25) is 0 Å². The first kappa shape index (κ1) is 7.16.